The van der Waals surface area contributed by atoms with Crippen LogP contribution in [0.3, 0.4) is 0 Å². The summed E-state index contributed by atoms with van der Waals surface area (Å²) in [7, 11) is 3.86. The Hall–Kier alpha value is -0.580. The highest BCUT2D eigenvalue weighted by Gasteiger charge is 2.33. The minimum atomic E-state index is 0.393. The van der Waals surface area contributed by atoms with E-state index in [2.05, 4.69) is 33.9 Å². The van der Waals surface area contributed by atoms with E-state index in [0.717, 1.165) is 23.3 Å². The van der Waals surface area contributed by atoms with Gasteiger partial charge in [-0.05, 0) is 56.2 Å². The molecule has 94 valence electrons. The standard InChI is InChI=1S/C13H19BrN2O/c1-16-6-5-9(8-15)13(16)11-7-10(17-2)3-4-12(11)14/h3-4,7,9,13H,5-6,8,15H2,1-2H3. The molecular weight excluding hydrogens is 280 g/mol. The molecule has 0 aromatic heterocycles. The molecule has 1 aliphatic heterocycles. The van der Waals surface area contributed by atoms with Crippen LogP contribution in [0, 0.1) is 5.92 Å². The molecule has 1 aromatic rings. The summed E-state index contributed by atoms with van der Waals surface area (Å²) >= 11 is 3.63. The first kappa shape index (κ1) is 12.9. The number of methoxy groups -OCH3 is 1. The minimum absolute atomic E-state index is 0.393. The third kappa shape index (κ3) is 2.49. The summed E-state index contributed by atoms with van der Waals surface area (Å²) in [6.07, 6.45) is 1.17. The summed E-state index contributed by atoms with van der Waals surface area (Å²) in [6.45, 7) is 1.84. The van der Waals surface area contributed by atoms with Gasteiger partial charge in [0.05, 0.1) is 7.11 Å². The predicted octanol–water partition coefficient (Wildman–Crippen LogP) is 2.41. The van der Waals surface area contributed by atoms with Gasteiger partial charge in [0.1, 0.15) is 5.75 Å². The topological polar surface area (TPSA) is 38.5 Å². The molecule has 0 spiro atoms. The van der Waals surface area contributed by atoms with Crippen LogP contribution in [0.4, 0.5) is 0 Å². The third-order valence-electron chi connectivity index (χ3n) is 3.60. The first-order valence-electron chi connectivity index (χ1n) is 5.91. The second-order valence-corrected chi connectivity index (χ2v) is 5.45. The van der Waals surface area contributed by atoms with Gasteiger partial charge in [0.25, 0.3) is 0 Å². The molecule has 1 fully saturated rings. The Morgan fingerprint density at radius 3 is 2.94 bits per heavy atom. The monoisotopic (exact) mass is 298 g/mol. The second kappa shape index (κ2) is 5.38. The fraction of sp³-hybridized carbons (Fsp3) is 0.538. The van der Waals surface area contributed by atoms with E-state index < -0.39 is 0 Å². The van der Waals surface area contributed by atoms with Crippen molar-refractivity contribution in [2.45, 2.75) is 12.5 Å². The molecule has 0 aliphatic carbocycles. The lowest BCUT2D eigenvalue weighted by Crippen LogP contribution is -2.25. The van der Waals surface area contributed by atoms with E-state index in [9.17, 15) is 0 Å². The van der Waals surface area contributed by atoms with Gasteiger partial charge in [0, 0.05) is 10.5 Å². The lowest BCUT2D eigenvalue weighted by atomic mass is 9.94. The van der Waals surface area contributed by atoms with Gasteiger partial charge < -0.3 is 10.5 Å². The van der Waals surface area contributed by atoms with E-state index in [-0.39, 0.29) is 0 Å². The molecule has 1 aliphatic rings. The van der Waals surface area contributed by atoms with Gasteiger partial charge in [-0.15, -0.1) is 0 Å². The van der Waals surface area contributed by atoms with Crippen LogP contribution in [0.15, 0.2) is 22.7 Å². The van der Waals surface area contributed by atoms with E-state index in [1.165, 1.54) is 12.0 Å². The van der Waals surface area contributed by atoms with Gasteiger partial charge >= 0.3 is 0 Å². The van der Waals surface area contributed by atoms with Crippen molar-refractivity contribution >= 4 is 15.9 Å². The fourth-order valence-electron chi connectivity index (χ4n) is 2.64. The summed E-state index contributed by atoms with van der Waals surface area (Å²) in [5.74, 6) is 1.43. The van der Waals surface area contributed by atoms with Gasteiger partial charge in [-0.3, -0.25) is 4.90 Å². The zero-order chi connectivity index (χ0) is 12.4. The smallest absolute Gasteiger partial charge is 0.119 e. The molecule has 2 unspecified atom stereocenters. The maximum absolute atomic E-state index is 5.87. The summed E-state index contributed by atoms with van der Waals surface area (Å²) in [4.78, 5) is 2.37. The molecule has 0 radical (unpaired) electrons. The van der Waals surface area contributed by atoms with Crippen LogP contribution in [-0.4, -0.2) is 32.1 Å². The Bertz CT molecular complexity index is 397. The van der Waals surface area contributed by atoms with Gasteiger partial charge in [-0.25, -0.2) is 0 Å². The molecule has 1 saturated heterocycles. The molecule has 2 rings (SSSR count). The van der Waals surface area contributed by atoms with Crippen LogP contribution < -0.4 is 10.5 Å². The highest BCUT2D eigenvalue weighted by atomic mass is 79.9. The lowest BCUT2D eigenvalue weighted by Gasteiger charge is -2.26. The number of nitrogens with two attached hydrogens (primary N) is 1. The van der Waals surface area contributed by atoms with Crippen LogP contribution in [0.2, 0.25) is 0 Å². The Balaban J connectivity index is 2.37. The fourth-order valence-corrected chi connectivity index (χ4v) is 3.12. The normalized spacial score (nSPS) is 25.2. The van der Waals surface area contributed by atoms with Crippen molar-refractivity contribution in [3.05, 3.63) is 28.2 Å². The number of halogens is 1. The van der Waals surface area contributed by atoms with E-state index >= 15 is 0 Å². The van der Waals surface area contributed by atoms with Crippen molar-refractivity contribution in [3.8, 4) is 5.75 Å². The van der Waals surface area contributed by atoms with E-state index in [0.29, 0.717) is 12.0 Å². The molecule has 2 atom stereocenters. The summed E-state index contributed by atoms with van der Waals surface area (Å²) in [5.41, 5.74) is 7.15. The molecule has 0 saturated carbocycles. The third-order valence-corrected chi connectivity index (χ3v) is 4.32. The number of rotatable bonds is 3. The first-order valence-corrected chi connectivity index (χ1v) is 6.70. The van der Waals surface area contributed by atoms with Gasteiger partial charge in [0.2, 0.25) is 0 Å². The summed E-state index contributed by atoms with van der Waals surface area (Å²) in [5, 5.41) is 0. The van der Waals surface area contributed by atoms with Gasteiger partial charge in [0.15, 0.2) is 0 Å². The molecular formula is C13H19BrN2O. The van der Waals surface area contributed by atoms with Crippen molar-refractivity contribution in [1.82, 2.24) is 4.90 Å². The quantitative estimate of drug-likeness (QED) is 0.931. The van der Waals surface area contributed by atoms with Crippen molar-refractivity contribution in [2.75, 3.05) is 27.2 Å². The molecule has 1 aromatic carbocycles. The Morgan fingerprint density at radius 1 is 1.53 bits per heavy atom. The number of hydrogen-bond acceptors (Lipinski definition) is 3. The average Bonchev–Trinajstić information content (AvgIpc) is 2.71. The first-order chi connectivity index (χ1) is 8.17. The summed E-state index contributed by atoms with van der Waals surface area (Å²) in [6, 6.07) is 6.53. The minimum Gasteiger partial charge on any atom is -0.497 e. The largest absolute Gasteiger partial charge is 0.497 e. The number of nitrogens with zero attached hydrogens (tertiary/aromatic N) is 1. The van der Waals surface area contributed by atoms with Crippen molar-refractivity contribution < 1.29 is 4.74 Å². The van der Waals surface area contributed by atoms with Crippen molar-refractivity contribution in [2.24, 2.45) is 11.7 Å². The molecule has 17 heavy (non-hydrogen) atoms. The van der Waals surface area contributed by atoms with Crippen molar-refractivity contribution in [1.29, 1.82) is 0 Å². The number of ether oxygens (including phenoxy) is 1. The van der Waals surface area contributed by atoms with Crippen LogP contribution in [-0.2, 0) is 0 Å². The predicted molar refractivity (Wildman–Crippen MR) is 73.2 cm³/mol. The lowest BCUT2D eigenvalue weighted by molar-refractivity contribution is 0.278. The van der Waals surface area contributed by atoms with E-state index in [1.54, 1.807) is 7.11 Å². The van der Waals surface area contributed by atoms with E-state index in [4.69, 9.17) is 10.5 Å². The molecule has 1 heterocycles. The number of benzene rings is 1. The van der Waals surface area contributed by atoms with Crippen molar-refractivity contribution in [3.63, 3.8) is 0 Å². The van der Waals surface area contributed by atoms with Crippen LogP contribution in [0.5, 0.6) is 5.75 Å². The van der Waals surface area contributed by atoms with Gasteiger partial charge in [-0.2, -0.15) is 0 Å². The van der Waals surface area contributed by atoms with Crippen LogP contribution >= 0.6 is 15.9 Å². The average molecular weight is 299 g/mol. The van der Waals surface area contributed by atoms with Crippen LogP contribution in [0.25, 0.3) is 0 Å². The maximum atomic E-state index is 5.87. The number of hydrogen-bond donors (Lipinski definition) is 1. The zero-order valence-electron chi connectivity index (χ0n) is 10.3. The number of likely N-dealkylation sites (tertiary alicyclic amines) is 1. The Kier molecular flexibility index (Phi) is 4.07. The second-order valence-electron chi connectivity index (χ2n) is 4.60. The SMILES string of the molecule is COc1ccc(Br)c(C2C(CN)CCN2C)c1. The van der Waals surface area contributed by atoms with E-state index in [1.807, 2.05) is 12.1 Å². The zero-order valence-corrected chi connectivity index (χ0v) is 11.9. The van der Waals surface area contributed by atoms with Gasteiger partial charge in [-0.1, -0.05) is 15.9 Å². The summed E-state index contributed by atoms with van der Waals surface area (Å²) < 4.78 is 6.44. The molecule has 3 nitrogen and oxygen atoms in total. The maximum Gasteiger partial charge on any atom is 0.119 e. The Morgan fingerprint density at radius 2 is 2.29 bits per heavy atom. The molecule has 0 bridgehead atoms. The molecule has 4 heteroatoms. The Labute approximate surface area is 111 Å². The molecule has 2 N–H and O–H groups in total. The highest BCUT2D eigenvalue weighted by molar-refractivity contribution is 9.10. The van der Waals surface area contributed by atoms with Crippen LogP contribution in [0.1, 0.15) is 18.0 Å². The molecule has 0 amide bonds. The highest BCUT2D eigenvalue weighted by Crippen LogP contribution is 2.40.